The van der Waals surface area contributed by atoms with Crippen molar-refractivity contribution in [2.75, 3.05) is 26.2 Å². The van der Waals surface area contributed by atoms with E-state index in [4.69, 9.17) is 0 Å². The van der Waals surface area contributed by atoms with Crippen LogP contribution in [-0.4, -0.2) is 69.9 Å². The molecule has 2 aliphatic rings. The van der Waals surface area contributed by atoms with Crippen LogP contribution in [0.5, 0.6) is 0 Å². The molecule has 0 atom stereocenters. The highest BCUT2D eigenvalue weighted by molar-refractivity contribution is 5.52. The summed E-state index contributed by atoms with van der Waals surface area (Å²) in [6.45, 7) is 23.0. The van der Waals surface area contributed by atoms with Crippen molar-refractivity contribution in [1.29, 1.82) is 0 Å². The molecule has 2 heterocycles. The minimum Gasteiger partial charge on any atom is -0.354 e. The lowest BCUT2D eigenvalue weighted by molar-refractivity contribution is 0.331. The summed E-state index contributed by atoms with van der Waals surface area (Å²) in [4.78, 5) is 10.4. The van der Waals surface area contributed by atoms with E-state index in [1.54, 1.807) is 0 Å². The van der Waals surface area contributed by atoms with Gasteiger partial charge in [0.05, 0.1) is 0 Å². The molecule has 0 aliphatic carbocycles. The molecular weight excluding hydrogens is 344 g/mol. The van der Waals surface area contributed by atoms with Gasteiger partial charge in [-0.3, -0.25) is 0 Å². The van der Waals surface area contributed by atoms with Gasteiger partial charge in [0, 0.05) is 60.8 Å². The van der Waals surface area contributed by atoms with Gasteiger partial charge in [0.1, 0.15) is 11.6 Å². The molecule has 156 valence electrons. The van der Waals surface area contributed by atoms with Crippen molar-refractivity contribution in [3.63, 3.8) is 0 Å². The summed E-state index contributed by atoms with van der Waals surface area (Å²) in [5.41, 5.74) is 0. The molecule has 4 nitrogen and oxygen atoms in total. The predicted molar refractivity (Wildman–Crippen MR) is 120 cm³/mol. The normalized spacial score (nSPS) is 18.3. The number of nitrogens with zero attached hydrogens (tertiary/aromatic N) is 4. The zero-order chi connectivity index (χ0) is 20.6. The summed E-state index contributed by atoms with van der Waals surface area (Å²) in [5.74, 6) is 2.82. The maximum atomic E-state index is 2.59. The van der Waals surface area contributed by atoms with Crippen molar-refractivity contribution in [3.05, 3.63) is 34.7 Å². The average Bonchev–Trinajstić information content (AvgIpc) is 3.26. The second-order valence-corrected chi connectivity index (χ2v) is 9.34. The fourth-order valence-corrected chi connectivity index (χ4v) is 4.69. The zero-order valence-corrected chi connectivity index (χ0v) is 19.2. The van der Waals surface area contributed by atoms with Crippen LogP contribution in [0.25, 0.3) is 11.6 Å². The van der Waals surface area contributed by atoms with Gasteiger partial charge >= 0.3 is 0 Å². The van der Waals surface area contributed by atoms with Crippen LogP contribution in [0.3, 0.4) is 0 Å². The number of hydrogen-bond donors (Lipinski definition) is 0. The van der Waals surface area contributed by atoms with E-state index in [0.29, 0.717) is 24.2 Å². The average molecular weight is 385 g/mol. The predicted octanol–water partition coefficient (Wildman–Crippen LogP) is 2.69. The molecule has 2 fully saturated rings. The second kappa shape index (κ2) is 8.26. The summed E-state index contributed by atoms with van der Waals surface area (Å²) < 4.78 is 0. The minimum atomic E-state index is 0.503. The van der Waals surface area contributed by atoms with Gasteiger partial charge in [-0.1, -0.05) is 24.3 Å². The van der Waals surface area contributed by atoms with Crippen molar-refractivity contribution in [1.82, 2.24) is 19.6 Å². The summed E-state index contributed by atoms with van der Waals surface area (Å²) in [5, 5.41) is 2.77. The molecule has 0 saturated carbocycles. The molecule has 1 aromatic rings. The highest BCUT2D eigenvalue weighted by Crippen LogP contribution is 2.25. The number of benzene rings is 1. The Morgan fingerprint density at radius 1 is 0.500 bits per heavy atom. The maximum absolute atomic E-state index is 2.59. The summed E-state index contributed by atoms with van der Waals surface area (Å²) in [7, 11) is 0. The van der Waals surface area contributed by atoms with Gasteiger partial charge in [0.15, 0.2) is 0 Å². The van der Waals surface area contributed by atoms with Crippen molar-refractivity contribution in [3.8, 4) is 0 Å². The number of hydrogen-bond acceptors (Lipinski definition) is 4. The van der Waals surface area contributed by atoms with E-state index >= 15 is 0 Å². The summed E-state index contributed by atoms with van der Waals surface area (Å²) in [6, 6.07) is 11.1. The fourth-order valence-electron chi connectivity index (χ4n) is 4.69. The molecule has 3 rings (SSSR count). The molecule has 2 aliphatic heterocycles. The first kappa shape index (κ1) is 20.9. The van der Waals surface area contributed by atoms with Gasteiger partial charge in [0.25, 0.3) is 0 Å². The topological polar surface area (TPSA) is 13.0 Å². The van der Waals surface area contributed by atoms with E-state index < -0.39 is 0 Å². The van der Waals surface area contributed by atoms with Crippen molar-refractivity contribution in [2.24, 2.45) is 0 Å². The molecule has 0 amide bonds. The van der Waals surface area contributed by atoms with Crippen molar-refractivity contribution < 1.29 is 0 Å². The Morgan fingerprint density at radius 2 is 0.750 bits per heavy atom. The lowest BCUT2D eigenvalue weighted by Crippen LogP contribution is -2.45. The van der Waals surface area contributed by atoms with Gasteiger partial charge < -0.3 is 19.6 Å². The van der Waals surface area contributed by atoms with Crippen LogP contribution in [0.1, 0.15) is 55.4 Å². The van der Waals surface area contributed by atoms with Crippen LogP contribution < -0.4 is 10.4 Å². The van der Waals surface area contributed by atoms with E-state index in [9.17, 15) is 0 Å². The molecule has 0 aromatic heterocycles. The molecule has 28 heavy (non-hydrogen) atoms. The first-order valence-corrected chi connectivity index (χ1v) is 11.1. The molecule has 0 spiro atoms. The smallest absolute Gasteiger partial charge is 0.113 e. The highest BCUT2D eigenvalue weighted by Gasteiger charge is 2.32. The molecule has 2 saturated heterocycles. The summed E-state index contributed by atoms with van der Waals surface area (Å²) in [6.07, 6.45) is 0. The van der Waals surface area contributed by atoms with E-state index in [2.05, 4.69) is 99.3 Å². The quantitative estimate of drug-likeness (QED) is 0.791. The van der Waals surface area contributed by atoms with E-state index in [1.165, 1.54) is 22.1 Å². The van der Waals surface area contributed by atoms with E-state index in [-0.39, 0.29) is 0 Å². The Morgan fingerprint density at radius 3 is 0.964 bits per heavy atom. The molecule has 0 radical (unpaired) electrons. The van der Waals surface area contributed by atoms with E-state index in [1.807, 2.05) is 0 Å². The lowest BCUT2D eigenvalue weighted by atomic mass is 10.1. The SMILES string of the molecule is CC(C)N1CCN(C(C)C)C1=c1ccccc1=C1N(C(C)C)CCN1C(C)C. The standard InChI is InChI=1S/C24H40N4/c1-17(2)25-13-14-26(18(3)4)23(25)21-11-9-10-12-22(21)24-27(19(5)6)15-16-28(24)20(7)8/h9-12,17-20H,13-16H2,1-8H3. The highest BCUT2D eigenvalue weighted by atomic mass is 15.4. The van der Waals surface area contributed by atoms with Crippen LogP contribution in [0.4, 0.5) is 0 Å². The van der Waals surface area contributed by atoms with E-state index in [0.717, 1.165) is 26.2 Å². The minimum absolute atomic E-state index is 0.503. The Bertz CT molecular complexity index is 690. The lowest BCUT2D eigenvalue weighted by Gasteiger charge is -2.32. The van der Waals surface area contributed by atoms with Crippen molar-refractivity contribution >= 4 is 11.6 Å². The third kappa shape index (κ3) is 3.70. The third-order valence-corrected chi connectivity index (χ3v) is 6.15. The van der Waals surface area contributed by atoms with Gasteiger partial charge in [-0.15, -0.1) is 0 Å². The summed E-state index contributed by atoms with van der Waals surface area (Å²) >= 11 is 0. The molecule has 4 heteroatoms. The van der Waals surface area contributed by atoms with Gasteiger partial charge in [-0.05, 0) is 55.4 Å². The Kier molecular flexibility index (Phi) is 6.16. The molecular formula is C24H40N4. The Balaban J connectivity index is 2.38. The molecule has 0 bridgehead atoms. The number of rotatable bonds is 4. The van der Waals surface area contributed by atoms with Crippen LogP contribution in [-0.2, 0) is 0 Å². The largest absolute Gasteiger partial charge is 0.354 e. The van der Waals surface area contributed by atoms with Gasteiger partial charge in [-0.25, -0.2) is 0 Å². The second-order valence-electron chi connectivity index (χ2n) is 9.34. The van der Waals surface area contributed by atoms with Crippen LogP contribution >= 0.6 is 0 Å². The van der Waals surface area contributed by atoms with Gasteiger partial charge in [0.2, 0.25) is 0 Å². The first-order chi connectivity index (χ1) is 13.2. The van der Waals surface area contributed by atoms with Crippen molar-refractivity contribution in [2.45, 2.75) is 79.6 Å². The van der Waals surface area contributed by atoms with Crippen LogP contribution in [0.15, 0.2) is 24.3 Å². The first-order valence-electron chi connectivity index (χ1n) is 11.1. The Labute approximate surface area is 172 Å². The fraction of sp³-hybridized carbons (Fsp3) is 0.667. The maximum Gasteiger partial charge on any atom is 0.113 e. The monoisotopic (exact) mass is 384 g/mol. The van der Waals surface area contributed by atoms with Gasteiger partial charge in [-0.2, -0.15) is 0 Å². The third-order valence-electron chi connectivity index (χ3n) is 6.15. The Hall–Kier alpha value is -1.84. The molecule has 0 unspecified atom stereocenters. The molecule has 0 N–H and O–H groups in total. The molecule has 1 aromatic carbocycles. The van der Waals surface area contributed by atoms with Crippen LogP contribution in [0, 0.1) is 0 Å². The zero-order valence-electron chi connectivity index (χ0n) is 19.2. The van der Waals surface area contributed by atoms with Crippen LogP contribution in [0.2, 0.25) is 0 Å².